The second kappa shape index (κ2) is 15.7. The van der Waals surface area contributed by atoms with E-state index in [4.69, 9.17) is 4.74 Å². The van der Waals surface area contributed by atoms with Crippen LogP contribution in [0.1, 0.15) is 92.1 Å². The molecule has 7 aliphatic heterocycles. The minimum Gasteiger partial charge on any atom is -0.379 e. The summed E-state index contributed by atoms with van der Waals surface area (Å²) in [5, 5.41) is 10.5. The number of halogens is 3. The summed E-state index contributed by atoms with van der Waals surface area (Å²) in [6, 6.07) is 14.7. The number of aromatic nitrogens is 3. The monoisotopic (exact) mass is 905 g/mol. The molecule has 1 N–H and O–H groups in total. The predicted molar refractivity (Wildman–Crippen MR) is 234 cm³/mol. The van der Waals surface area contributed by atoms with Crippen molar-refractivity contribution in [2.45, 2.75) is 69.1 Å². The highest BCUT2D eigenvalue weighted by Gasteiger charge is 2.48. The predicted octanol–water partition coefficient (Wildman–Crippen LogP) is 4.73. The molecule has 7 aliphatic rings. The number of anilines is 3. The molecule has 8 heterocycles. The van der Waals surface area contributed by atoms with Crippen molar-refractivity contribution in [1.29, 1.82) is 0 Å². The number of imide groups is 2. The van der Waals surface area contributed by atoms with Crippen LogP contribution >= 0.6 is 0 Å². The highest BCUT2D eigenvalue weighted by atomic mass is 19.4. The molecule has 1 atom stereocenters. The molecule has 4 aromatic rings. The van der Waals surface area contributed by atoms with Gasteiger partial charge in [0, 0.05) is 93.7 Å². The van der Waals surface area contributed by atoms with Crippen LogP contribution < -0.4 is 20.0 Å². The molecular formula is C48H50F3N9O6. The normalized spacial score (nSPS) is 23.0. The molecule has 344 valence electrons. The van der Waals surface area contributed by atoms with E-state index >= 15 is 0 Å². The van der Waals surface area contributed by atoms with Crippen LogP contribution in [0.15, 0.2) is 60.9 Å². The lowest BCUT2D eigenvalue weighted by Crippen LogP contribution is -2.61. The van der Waals surface area contributed by atoms with E-state index in [0.29, 0.717) is 50.0 Å². The smallest absolute Gasteiger partial charge is 0.379 e. The number of amides is 5. The Balaban J connectivity index is 0.695. The largest absolute Gasteiger partial charge is 0.416 e. The van der Waals surface area contributed by atoms with Crippen LogP contribution in [-0.4, -0.2) is 119 Å². The summed E-state index contributed by atoms with van der Waals surface area (Å²) in [5.41, 5.74) is 2.48. The number of carbonyl (C=O) groups is 5. The van der Waals surface area contributed by atoms with Gasteiger partial charge in [-0.25, -0.2) is 0 Å². The van der Waals surface area contributed by atoms with Crippen molar-refractivity contribution < 1.29 is 41.9 Å². The fraction of sp³-hybridized carbons (Fsp3) is 0.479. The van der Waals surface area contributed by atoms with Crippen LogP contribution in [0, 0.1) is 11.3 Å². The molecule has 15 nitrogen and oxygen atoms in total. The van der Waals surface area contributed by atoms with E-state index in [0.717, 1.165) is 80.4 Å². The molecule has 5 amide bonds. The summed E-state index contributed by atoms with van der Waals surface area (Å²) >= 11 is 0. The highest BCUT2D eigenvalue weighted by Crippen LogP contribution is 2.45. The van der Waals surface area contributed by atoms with Gasteiger partial charge in [0.2, 0.25) is 11.8 Å². The Morgan fingerprint density at radius 2 is 1.53 bits per heavy atom. The molecule has 0 bridgehead atoms. The molecule has 1 aromatic heterocycles. The first kappa shape index (κ1) is 42.5. The zero-order chi connectivity index (χ0) is 45.7. The Hall–Kier alpha value is -6.14. The van der Waals surface area contributed by atoms with Crippen molar-refractivity contribution in [1.82, 2.24) is 29.9 Å². The third-order valence-electron chi connectivity index (χ3n) is 15.4. The fourth-order valence-electron chi connectivity index (χ4n) is 11.5. The summed E-state index contributed by atoms with van der Waals surface area (Å²) in [6.07, 6.45) is 1.40. The molecular weight excluding hydrogens is 856 g/mol. The van der Waals surface area contributed by atoms with E-state index in [9.17, 15) is 37.1 Å². The zero-order valence-electron chi connectivity index (χ0n) is 36.6. The number of nitrogens with zero attached hydrogens (tertiary/aromatic N) is 8. The summed E-state index contributed by atoms with van der Waals surface area (Å²) in [6.45, 7) is 6.46. The van der Waals surface area contributed by atoms with Gasteiger partial charge in [-0.05, 0) is 97.0 Å². The van der Waals surface area contributed by atoms with Gasteiger partial charge in [0.1, 0.15) is 18.2 Å². The number of hydrogen-bond acceptors (Lipinski definition) is 11. The molecule has 5 fully saturated rings. The Labute approximate surface area is 378 Å². The summed E-state index contributed by atoms with van der Waals surface area (Å²) in [7, 11) is 1.88. The molecule has 0 radical (unpaired) electrons. The van der Waals surface area contributed by atoms with Crippen molar-refractivity contribution in [2.24, 2.45) is 18.4 Å². The number of rotatable bonds is 9. The van der Waals surface area contributed by atoms with Crippen LogP contribution in [0.3, 0.4) is 0 Å². The SMILES string of the molecule is Cn1cnnc1CC1(c2cccc(N3Cc4c(cc(N5CCC(CN6CC7(CCN(c8ccc9c(c8)C(=O)N(C8CCC(=O)NC8=O)C9=O)CC7)C6)CC5)cc4C(F)(F)F)C3=O)c2)COC1. The van der Waals surface area contributed by atoms with Crippen LogP contribution in [0.2, 0.25) is 0 Å². The van der Waals surface area contributed by atoms with Gasteiger partial charge in [-0.3, -0.25) is 34.2 Å². The topological polar surface area (TPSA) is 154 Å². The van der Waals surface area contributed by atoms with Gasteiger partial charge >= 0.3 is 6.18 Å². The van der Waals surface area contributed by atoms with Gasteiger partial charge < -0.3 is 28.9 Å². The second-order valence-corrected chi connectivity index (χ2v) is 19.5. The van der Waals surface area contributed by atoms with Gasteiger partial charge in [-0.1, -0.05) is 12.1 Å². The van der Waals surface area contributed by atoms with E-state index < -0.39 is 47.3 Å². The first-order chi connectivity index (χ1) is 31.7. The molecule has 0 saturated carbocycles. The Morgan fingerprint density at radius 3 is 2.21 bits per heavy atom. The molecule has 3 aromatic carbocycles. The zero-order valence-corrected chi connectivity index (χ0v) is 36.6. The van der Waals surface area contributed by atoms with Crippen molar-refractivity contribution in [3.8, 4) is 0 Å². The maximum Gasteiger partial charge on any atom is 0.416 e. The van der Waals surface area contributed by atoms with E-state index in [2.05, 4.69) is 25.3 Å². The number of piperidine rings is 3. The first-order valence-corrected chi connectivity index (χ1v) is 22.8. The molecule has 5 saturated heterocycles. The minimum absolute atomic E-state index is 0.00657. The maximum absolute atomic E-state index is 14.8. The third kappa shape index (κ3) is 7.23. The lowest BCUT2D eigenvalue weighted by atomic mass is 9.71. The Bertz CT molecular complexity index is 2670. The van der Waals surface area contributed by atoms with Crippen LogP contribution in [0.25, 0.3) is 0 Å². The van der Waals surface area contributed by atoms with Crippen molar-refractivity contribution >= 4 is 46.6 Å². The van der Waals surface area contributed by atoms with Gasteiger partial charge in [0.25, 0.3) is 17.7 Å². The summed E-state index contributed by atoms with van der Waals surface area (Å²) < 4.78 is 51.9. The van der Waals surface area contributed by atoms with Crippen molar-refractivity contribution in [2.75, 3.05) is 73.7 Å². The van der Waals surface area contributed by atoms with Gasteiger partial charge in [-0.2, -0.15) is 13.2 Å². The average Bonchev–Trinajstić information content (AvgIpc) is 3.92. The molecule has 66 heavy (non-hydrogen) atoms. The van der Waals surface area contributed by atoms with Crippen LogP contribution in [-0.2, 0) is 45.9 Å². The van der Waals surface area contributed by atoms with E-state index in [1.165, 1.54) is 11.0 Å². The lowest BCUT2D eigenvalue weighted by Gasteiger charge is -2.55. The lowest BCUT2D eigenvalue weighted by molar-refractivity contribution is -0.138. The van der Waals surface area contributed by atoms with E-state index in [1.54, 1.807) is 30.6 Å². The van der Waals surface area contributed by atoms with E-state index in [-0.39, 0.29) is 52.5 Å². The van der Waals surface area contributed by atoms with Crippen LogP contribution in [0.5, 0.6) is 0 Å². The molecule has 1 spiro atoms. The number of hydrogen-bond donors (Lipinski definition) is 1. The molecule has 0 aliphatic carbocycles. The molecule has 1 unspecified atom stereocenters. The number of fused-ring (bicyclic) bond motifs is 2. The molecule has 18 heteroatoms. The highest BCUT2D eigenvalue weighted by molar-refractivity contribution is 6.23. The second-order valence-electron chi connectivity index (χ2n) is 19.5. The number of nitrogens with one attached hydrogen (secondary N) is 1. The van der Waals surface area contributed by atoms with Crippen LogP contribution in [0.4, 0.5) is 30.2 Å². The quantitative estimate of drug-likeness (QED) is 0.232. The number of ether oxygens (including phenoxy) is 1. The maximum atomic E-state index is 14.8. The van der Waals surface area contributed by atoms with Gasteiger partial charge in [0.05, 0.1) is 36.4 Å². The summed E-state index contributed by atoms with van der Waals surface area (Å²) in [5.74, 6) is -1.30. The first-order valence-electron chi connectivity index (χ1n) is 22.8. The van der Waals surface area contributed by atoms with Crippen molar-refractivity contribution in [3.05, 3.63) is 100 Å². The number of likely N-dealkylation sites (tertiary alicyclic amines) is 1. The Morgan fingerprint density at radius 1 is 0.803 bits per heavy atom. The summed E-state index contributed by atoms with van der Waals surface area (Å²) in [4.78, 5) is 74.0. The Kier molecular flexibility index (Phi) is 10.1. The standard InChI is InChI=1S/C48H50F3N9O6/c1-55-28-52-54-40(55)21-47(26-66-27-47)30-3-2-4-32(17-30)59-23-37-36(43(59)63)19-33(20-38(37)48(49,50)51)57-13-9-29(10-14-57)22-56-24-46(25-56)11-15-58(16-12-46)31-5-6-34-35(18-31)45(65)60(44(34)64)39-7-8-41(61)53-42(39)62/h2-6,17-20,28-29,39H,7-16,21-27H2,1H3,(H,53,61,62). The van der Waals surface area contributed by atoms with Crippen molar-refractivity contribution in [3.63, 3.8) is 0 Å². The minimum atomic E-state index is -4.63. The number of alkyl halides is 3. The number of carbonyl (C=O) groups excluding carboxylic acids is 5. The van der Waals surface area contributed by atoms with E-state index in [1.807, 2.05) is 40.8 Å². The van der Waals surface area contributed by atoms with Gasteiger partial charge in [-0.15, -0.1) is 10.2 Å². The third-order valence-corrected chi connectivity index (χ3v) is 15.4. The fourth-order valence-corrected chi connectivity index (χ4v) is 11.5. The average molecular weight is 906 g/mol. The van der Waals surface area contributed by atoms with Gasteiger partial charge in [0.15, 0.2) is 0 Å². The number of benzene rings is 3. The number of aryl methyl sites for hydroxylation is 1. The molecule has 11 rings (SSSR count).